The maximum absolute atomic E-state index is 4.27. The third kappa shape index (κ3) is 2.88. The maximum Gasteiger partial charge on any atom is 0.224 e. The summed E-state index contributed by atoms with van der Waals surface area (Å²) in [5, 5.41) is 11.7. The van der Waals surface area contributed by atoms with Crippen molar-refractivity contribution < 1.29 is 0 Å². The zero-order valence-corrected chi connectivity index (χ0v) is 11.1. The molecule has 0 bridgehead atoms. The molecule has 0 unspecified atom stereocenters. The molecule has 2 aromatic rings. The average Bonchev–Trinajstić information content (AvgIpc) is 2.80. The van der Waals surface area contributed by atoms with Crippen molar-refractivity contribution in [3.8, 4) is 0 Å². The summed E-state index contributed by atoms with van der Waals surface area (Å²) in [7, 11) is 0. The van der Waals surface area contributed by atoms with Gasteiger partial charge < -0.3 is 5.32 Å². The van der Waals surface area contributed by atoms with Crippen LogP contribution in [0, 0.1) is 0 Å². The van der Waals surface area contributed by atoms with Crippen molar-refractivity contribution in [3.63, 3.8) is 0 Å². The monoisotopic (exact) mass is 244 g/mol. The normalized spacial score (nSPS) is 10.6. The van der Waals surface area contributed by atoms with E-state index in [2.05, 4.69) is 58.2 Å². The van der Waals surface area contributed by atoms with Gasteiger partial charge in [-0.1, -0.05) is 30.3 Å². The number of benzene rings is 1. The fourth-order valence-corrected chi connectivity index (χ4v) is 2.04. The molecule has 1 aromatic carbocycles. The molecule has 0 saturated carbocycles. The van der Waals surface area contributed by atoms with E-state index in [4.69, 9.17) is 0 Å². The van der Waals surface area contributed by atoms with E-state index in [9.17, 15) is 0 Å². The lowest BCUT2D eigenvalue weighted by molar-refractivity contribution is 0.692. The minimum Gasteiger partial charge on any atom is -0.355 e. The van der Waals surface area contributed by atoms with E-state index in [0.29, 0.717) is 0 Å². The van der Waals surface area contributed by atoms with Crippen LogP contribution in [0.25, 0.3) is 0 Å². The van der Waals surface area contributed by atoms with Crippen LogP contribution in [0.5, 0.6) is 0 Å². The highest BCUT2D eigenvalue weighted by Crippen LogP contribution is 2.10. The fourth-order valence-electron chi connectivity index (χ4n) is 2.04. The maximum atomic E-state index is 4.27. The van der Waals surface area contributed by atoms with Gasteiger partial charge in [-0.25, -0.2) is 0 Å². The van der Waals surface area contributed by atoms with Crippen LogP contribution in [0.1, 0.15) is 25.2 Å². The highest BCUT2D eigenvalue weighted by Gasteiger charge is 2.09. The van der Waals surface area contributed by atoms with Gasteiger partial charge in [0.1, 0.15) is 5.82 Å². The van der Waals surface area contributed by atoms with Crippen LogP contribution in [-0.2, 0) is 19.4 Å². The van der Waals surface area contributed by atoms with E-state index in [1.165, 1.54) is 5.56 Å². The number of aryl methyl sites for hydroxylation is 2. The first-order chi connectivity index (χ1) is 8.85. The largest absolute Gasteiger partial charge is 0.355 e. The molecule has 1 aromatic heterocycles. The number of nitrogens with one attached hydrogen (secondary N) is 1. The number of hydrogen-bond acceptors (Lipinski definition) is 3. The van der Waals surface area contributed by atoms with Crippen LogP contribution in [0.15, 0.2) is 30.3 Å². The molecule has 2 rings (SSSR count). The second kappa shape index (κ2) is 6.19. The van der Waals surface area contributed by atoms with Crippen LogP contribution in [0.3, 0.4) is 0 Å². The van der Waals surface area contributed by atoms with E-state index < -0.39 is 0 Å². The van der Waals surface area contributed by atoms with Gasteiger partial charge in [-0.3, -0.25) is 4.57 Å². The van der Waals surface area contributed by atoms with Crippen molar-refractivity contribution >= 4 is 5.95 Å². The zero-order valence-electron chi connectivity index (χ0n) is 11.1. The molecule has 0 fully saturated rings. The van der Waals surface area contributed by atoms with Gasteiger partial charge >= 0.3 is 0 Å². The van der Waals surface area contributed by atoms with Gasteiger partial charge in [0.15, 0.2) is 0 Å². The average molecular weight is 244 g/mol. The SMILES string of the molecule is CCNc1nnc(CCc2ccccc2)n1CC. The minimum atomic E-state index is 0.872. The summed E-state index contributed by atoms with van der Waals surface area (Å²) in [4.78, 5) is 0. The lowest BCUT2D eigenvalue weighted by Crippen LogP contribution is -2.09. The van der Waals surface area contributed by atoms with Crippen molar-refractivity contribution in [2.45, 2.75) is 33.2 Å². The molecule has 4 heteroatoms. The first-order valence-electron chi connectivity index (χ1n) is 6.55. The Bertz CT molecular complexity index is 476. The highest BCUT2D eigenvalue weighted by molar-refractivity contribution is 5.26. The second-order valence-electron chi connectivity index (χ2n) is 4.20. The first-order valence-corrected chi connectivity index (χ1v) is 6.55. The molecule has 0 saturated heterocycles. The van der Waals surface area contributed by atoms with Crippen molar-refractivity contribution in [2.75, 3.05) is 11.9 Å². The Labute approximate surface area is 108 Å². The van der Waals surface area contributed by atoms with Crippen molar-refractivity contribution in [1.29, 1.82) is 0 Å². The standard InChI is InChI=1S/C14H20N4/c1-3-15-14-17-16-13(18(14)4-2)11-10-12-8-6-5-7-9-12/h5-9H,3-4,10-11H2,1-2H3,(H,15,17). The molecule has 0 radical (unpaired) electrons. The van der Waals surface area contributed by atoms with Crippen molar-refractivity contribution in [1.82, 2.24) is 14.8 Å². The molecule has 0 amide bonds. The molecule has 96 valence electrons. The number of nitrogens with zero attached hydrogens (tertiary/aromatic N) is 3. The third-order valence-electron chi connectivity index (χ3n) is 2.96. The Kier molecular flexibility index (Phi) is 4.34. The van der Waals surface area contributed by atoms with E-state index in [1.54, 1.807) is 0 Å². The fraction of sp³-hybridized carbons (Fsp3) is 0.429. The molecule has 1 heterocycles. The van der Waals surface area contributed by atoms with Gasteiger partial charge in [0, 0.05) is 19.5 Å². The lowest BCUT2D eigenvalue weighted by Gasteiger charge is -2.07. The molecular weight excluding hydrogens is 224 g/mol. The van der Waals surface area contributed by atoms with Crippen LogP contribution in [0.4, 0.5) is 5.95 Å². The van der Waals surface area contributed by atoms with Crippen LogP contribution >= 0.6 is 0 Å². The molecule has 0 spiro atoms. The second-order valence-corrected chi connectivity index (χ2v) is 4.20. The summed E-state index contributed by atoms with van der Waals surface area (Å²) >= 11 is 0. The summed E-state index contributed by atoms with van der Waals surface area (Å²) in [6.45, 7) is 5.96. The first kappa shape index (κ1) is 12.6. The zero-order chi connectivity index (χ0) is 12.8. The Balaban J connectivity index is 2.05. The van der Waals surface area contributed by atoms with Gasteiger partial charge in [-0.2, -0.15) is 0 Å². The molecule has 0 atom stereocenters. The van der Waals surface area contributed by atoms with E-state index in [-0.39, 0.29) is 0 Å². The predicted octanol–water partition coefficient (Wildman–Crippen LogP) is 2.52. The quantitative estimate of drug-likeness (QED) is 0.849. The van der Waals surface area contributed by atoms with Gasteiger partial charge in [0.05, 0.1) is 0 Å². The van der Waals surface area contributed by atoms with Crippen molar-refractivity contribution in [2.24, 2.45) is 0 Å². The summed E-state index contributed by atoms with van der Waals surface area (Å²) in [5.41, 5.74) is 1.34. The Morgan fingerprint density at radius 2 is 1.83 bits per heavy atom. The van der Waals surface area contributed by atoms with Crippen molar-refractivity contribution in [3.05, 3.63) is 41.7 Å². The van der Waals surface area contributed by atoms with Crippen LogP contribution in [-0.4, -0.2) is 21.3 Å². The Morgan fingerprint density at radius 3 is 2.50 bits per heavy atom. The van der Waals surface area contributed by atoms with Crippen LogP contribution in [0.2, 0.25) is 0 Å². The van der Waals surface area contributed by atoms with Crippen LogP contribution < -0.4 is 5.32 Å². The Hall–Kier alpha value is -1.84. The number of rotatable bonds is 6. The molecule has 18 heavy (non-hydrogen) atoms. The number of aromatic nitrogens is 3. The summed E-state index contributed by atoms with van der Waals surface area (Å²) in [6, 6.07) is 10.5. The summed E-state index contributed by atoms with van der Waals surface area (Å²) < 4.78 is 2.15. The van der Waals surface area contributed by atoms with E-state index in [1.807, 2.05) is 6.07 Å². The molecule has 0 aliphatic rings. The molecular formula is C14H20N4. The van der Waals surface area contributed by atoms with Gasteiger partial charge in [0.2, 0.25) is 5.95 Å². The summed E-state index contributed by atoms with van der Waals surface area (Å²) in [6.07, 6.45) is 1.93. The topological polar surface area (TPSA) is 42.7 Å². The Morgan fingerprint density at radius 1 is 1.06 bits per heavy atom. The molecule has 0 aliphatic heterocycles. The van der Waals surface area contributed by atoms with Gasteiger partial charge in [0.25, 0.3) is 0 Å². The number of hydrogen-bond donors (Lipinski definition) is 1. The molecule has 0 aliphatic carbocycles. The molecule has 1 N–H and O–H groups in total. The van der Waals surface area contributed by atoms with Gasteiger partial charge in [-0.05, 0) is 25.8 Å². The number of anilines is 1. The minimum absolute atomic E-state index is 0.872. The van der Waals surface area contributed by atoms with E-state index >= 15 is 0 Å². The van der Waals surface area contributed by atoms with Gasteiger partial charge in [-0.15, -0.1) is 10.2 Å². The molecule has 4 nitrogen and oxygen atoms in total. The smallest absolute Gasteiger partial charge is 0.224 e. The summed E-state index contributed by atoms with van der Waals surface area (Å²) in [5.74, 6) is 1.93. The third-order valence-corrected chi connectivity index (χ3v) is 2.96. The highest BCUT2D eigenvalue weighted by atomic mass is 15.3. The predicted molar refractivity (Wildman–Crippen MR) is 73.7 cm³/mol. The van der Waals surface area contributed by atoms with E-state index in [0.717, 1.165) is 37.7 Å². The lowest BCUT2D eigenvalue weighted by atomic mass is 10.1.